The van der Waals surface area contributed by atoms with Crippen LogP contribution in [0.1, 0.15) is 15.9 Å². The normalized spacial score (nSPS) is 10.1. The molecule has 3 rings (SSSR count). The predicted octanol–water partition coefficient (Wildman–Crippen LogP) is 5.53. The Balaban J connectivity index is 1.89. The van der Waals surface area contributed by atoms with Crippen LogP contribution in [-0.2, 0) is 0 Å². The summed E-state index contributed by atoms with van der Waals surface area (Å²) >= 11 is 0. The highest BCUT2D eigenvalue weighted by atomic mass is 16.1. The Morgan fingerprint density at radius 3 is 2.52 bits per heavy atom. The molecule has 0 saturated carbocycles. The molecule has 0 heterocycles. The van der Waals surface area contributed by atoms with Gasteiger partial charge in [0.25, 0.3) is 5.91 Å². The fraction of sp³-hybridized carbons (Fsp3) is 0.130. The average molecular weight is 355 g/mol. The number of anilines is 2. The van der Waals surface area contributed by atoms with Gasteiger partial charge in [-0.15, -0.1) is 0 Å². The maximum absolute atomic E-state index is 12.7. The summed E-state index contributed by atoms with van der Waals surface area (Å²) in [7, 11) is 3.89. The van der Waals surface area contributed by atoms with Crippen LogP contribution in [0.3, 0.4) is 0 Å². The molecule has 0 atom stereocenters. The van der Waals surface area contributed by atoms with Crippen molar-refractivity contribution in [1.29, 1.82) is 0 Å². The van der Waals surface area contributed by atoms with E-state index in [-0.39, 0.29) is 5.91 Å². The van der Waals surface area contributed by atoms with E-state index in [9.17, 15) is 4.79 Å². The molecule has 0 aromatic heterocycles. The lowest BCUT2D eigenvalue weighted by molar-refractivity contribution is 0.102. The largest absolute Gasteiger partial charge is 0.378 e. The zero-order valence-corrected chi connectivity index (χ0v) is 15.7. The molecule has 0 saturated heterocycles. The van der Waals surface area contributed by atoms with Gasteiger partial charge in [0.15, 0.2) is 5.69 Å². The van der Waals surface area contributed by atoms with Gasteiger partial charge in [0.05, 0.1) is 6.57 Å². The quantitative estimate of drug-likeness (QED) is 0.625. The summed E-state index contributed by atoms with van der Waals surface area (Å²) in [5, 5.41) is 2.97. The van der Waals surface area contributed by atoms with Crippen molar-refractivity contribution >= 4 is 23.0 Å². The third-order valence-corrected chi connectivity index (χ3v) is 4.41. The molecule has 0 unspecified atom stereocenters. The highest BCUT2D eigenvalue weighted by Crippen LogP contribution is 2.29. The van der Waals surface area contributed by atoms with Gasteiger partial charge in [0.2, 0.25) is 0 Å². The maximum atomic E-state index is 12.7. The van der Waals surface area contributed by atoms with Crippen molar-refractivity contribution in [2.75, 3.05) is 24.3 Å². The third kappa shape index (κ3) is 4.16. The Hall–Kier alpha value is -3.58. The van der Waals surface area contributed by atoms with Crippen molar-refractivity contribution in [3.8, 4) is 11.1 Å². The summed E-state index contributed by atoms with van der Waals surface area (Å²) in [4.78, 5) is 18.1. The average Bonchev–Trinajstić information content (AvgIpc) is 2.69. The Kier molecular flexibility index (Phi) is 5.23. The van der Waals surface area contributed by atoms with Gasteiger partial charge in [-0.25, -0.2) is 4.85 Å². The van der Waals surface area contributed by atoms with Crippen LogP contribution in [0.15, 0.2) is 66.7 Å². The molecule has 3 aromatic rings. The Morgan fingerprint density at radius 2 is 1.78 bits per heavy atom. The molecule has 0 aliphatic heterocycles. The number of hydrogen-bond donors (Lipinski definition) is 1. The standard InChI is InChI=1S/C23H21N3O/c1-16-11-12-20(15-22(16)17-7-5-9-19(13-17)24-2)25-23(27)18-8-6-10-21(14-18)26(3)4/h5-15H,1,3-4H3,(H,25,27). The molecule has 134 valence electrons. The smallest absolute Gasteiger partial charge is 0.255 e. The monoisotopic (exact) mass is 355 g/mol. The van der Waals surface area contributed by atoms with Crippen LogP contribution < -0.4 is 10.2 Å². The van der Waals surface area contributed by atoms with Crippen LogP contribution in [0.2, 0.25) is 0 Å². The van der Waals surface area contributed by atoms with E-state index in [0.29, 0.717) is 11.3 Å². The first kappa shape index (κ1) is 18.2. The molecule has 1 amide bonds. The summed E-state index contributed by atoms with van der Waals surface area (Å²) in [6.45, 7) is 9.22. The number of carbonyl (C=O) groups is 1. The molecule has 27 heavy (non-hydrogen) atoms. The van der Waals surface area contributed by atoms with Crippen LogP contribution in [0.4, 0.5) is 17.1 Å². The molecule has 0 spiro atoms. The second kappa shape index (κ2) is 7.76. The van der Waals surface area contributed by atoms with E-state index in [0.717, 1.165) is 28.1 Å². The van der Waals surface area contributed by atoms with Gasteiger partial charge in [-0.1, -0.05) is 30.3 Å². The van der Waals surface area contributed by atoms with Gasteiger partial charge < -0.3 is 10.2 Å². The number of amides is 1. The predicted molar refractivity (Wildman–Crippen MR) is 112 cm³/mol. The van der Waals surface area contributed by atoms with Crippen LogP contribution in [0.5, 0.6) is 0 Å². The van der Waals surface area contributed by atoms with Crippen molar-refractivity contribution in [3.05, 3.63) is 89.3 Å². The number of benzene rings is 3. The first-order valence-corrected chi connectivity index (χ1v) is 8.65. The van der Waals surface area contributed by atoms with Crippen LogP contribution >= 0.6 is 0 Å². The van der Waals surface area contributed by atoms with Gasteiger partial charge in [0, 0.05) is 31.0 Å². The number of hydrogen-bond acceptors (Lipinski definition) is 2. The molecule has 1 N–H and O–H groups in total. The second-order valence-electron chi connectivity index (χ2n) is 6.59. The lowest BCUT2D eigenvalue weighted by Crippen LogP contribution is -2.14. The molecule has 0 aliphatic carbocycles. The Bertz CT molecular complexity index is 1030. The molecule has 0 radical (unpaired) electrons. The van der Waals surface area contributed by atoms with E-state index in [2.05, 4.69) is 10.2 Å². The van der Waals surface area contributed by atoms with E-state index in [1.54, 1.807) is 12.1 Å². The molecular weight excluding hydrogens is 334 g/mol. The second-order valence-corrected chi connectivity index (χ2v) is 6.59. The minimum Gasteiger partial charge on any atom is -0.378 e. The van der Waals surface area contributed by atoms with E-state index < -0.39 is 0 Å². The molecule has 4 heteroatoms. The SMILES string of the molecule is [C-]#[N+]c1cccc(-c2cc(NC(=O)c3cccc(N(C)C)c3)ccc2C)c1. The summed E-state index contributed by atoms with van der Waals surface area (Å²) in [6.07, 6.45) is 0. The molecule has 0 aliphatic rings. The van der Waals surface area contributed by atoms with Crippen molar-refractivity contribution < 1.29 is 4.79 Å². The van der Waals surface area contributed by atoms with Gasteiger partial charge in [-0.2, -0.15) is 0 Å². The van der Waals surface area contributed by atoms with Gasteiger partial charge in [-0.3, -0.25) is 4.79 Å². The van der Waals surface area contributed by atoms with Crippen molar-refractivity contribution in [2.45, 2.75) is 6.92 Å². The minimum atomic E-state index is -0.150. The molecule has 0 bridgehead atoms. The van der Waals surface area contributed by atoms with Crippen LogP contribution in [0, 0.1) is 13.5 Å². The number of nitrogens with one attached hydrogen (secondary N) is 1. The molecule has 0 fully saturated rings. The van der Waals surface area contributed by atoms with E-state index in [1.165, 1.54) is 0 Å². The zero-order chi connectivity index (χ0) is 19.4. The number of nitrogens with zero attached hydrogens (tertiary/aromatic N) is 2. The molecular formula is C23H21N3O. The van der Waals surface area contributed by atoms with Gasteiger partial charge >= 0.3 is 0 Å². The van der Waals surface area contributed by atoms with E-state index in [1.807, 2.05) is 80.5 Å². The number of rotatable bonds is 4. The van der Waals surface area contributed by atoms with Gasteiger partial charge in [-0.05, 0) is 60.0 Å². The Labute approximate surface area is 159 Å². The topological polar surface area (TPSA) is 36.7 Å². The van der Waals surface area contributed by atoms with Crippen LogP contribution in [-0.4, -0.2) is 20.0 Å². The molecule has 3 aromatic carbocycles. The fourth-order valence-electron chi connectivity index (χ4n) is 2.88. The van der Waals surface area contributed by atoms with Crippen molar-refractivity contribution in [2.24, 2.45) is 0 Å². The highest BCUT2D eigenvalue weighted by molar-refractivity contribution is 6.05. The van der Waals surface area contributed by atoms with Crippen molar-refractivity contribution in [3.63, 3.8) is 0 Å². The summed E-state index contributed by atoms with van der Waals surface area (Å²) in [5.74, 6) is -0.150. The van der Waals surface area contributed by atoms with Gasteiger partial charge in [0.1, 0.15) is 0 Å². The zero-order valence-electron chi connectivity index (χ0n) is 15.7. The minimum absolute atomic E-state index is 0.150. The number of carbonyl (C=O) groups excluding carboxylic acids is 1. The summed E-state index contributed by atoms with van der Waals surface area (Å²) in [5.41, 5.74) is 5.96. The lowest BCUT2D eigenvalue weighted by Gasteiger charge is -2.14. The summed E-state index contributed by atoms with van der Waals surface area (Å²) in [6, 6.07) is 20.8. The first-order valence-electron chi connectivity index (χ1n) is 8.65. The first-order chi connectivity index (χ1) is 13.0. The number of aryl methyl sites for hydroxylation is 1. The third-order valence-electron chi connectivity index (χ3n) is 4.41. The lowest BCUT2D eigenvalue weighted by atomic mass is 9.99. The van der Waals surface area contributed by atoms with E-state index in [4.69, 9.17) is 6.57 Å². The van der Waals surface area contributed by atoms with E-state index >= 15 is 0 Å². The highest BCUT2D eigenvalue weighted by Gasteiger charge is 2.10. The van der Waals surface area contributed by atoms with Crippen molar-refractivity contribution in [1.82, 2.24) is 0 Å². The molecule has 4 nitrogen and oxygen atoms in total. The van der Waals surface area contributed by atoms with Crippen LogP contribution in [0.25, 0.3) is 16.0 Å². The summed E-state index contributed by atoms with van der Waals surface area (Å²) < 4.78 is 0. The fourth-order valence-corrected chi connectivity index (χ4v) is 2.88. The Morgan fingerprint density at radius 1 is 1.00 bits per heavy atom. The maximum Gasteiger partial charge on any atom is 0.255 e.